The van der Waals surface area contributed by atoms with Gasteiger partial charge in [0.2, 0.25) is 5.91 Å². The lowest BCUT2D eigenvalue weighted by atomic mass is 10.1. The topological polar surface area (TPSA) is 32.3 Å². The lowest BCUT2D eigenvalue weighted by molar-refractivity contribution is -0.131. The molecule has 2 rings (SSSR count). The van der Waals surface area contributed by atoms with Crippen LogP contribution in [0, 0.1) is 0 Å². The molecule has 2 heterocycles. The lowest BCUT2D eigenvalue weighted by Crippen LogP contribution is -2.43. The Balaban J connectivity index is 0.00000144. The standard InChI is InChI=1S/C12H22N2OS.ClH/c1-2-11-9-14(6-7-16-11)12(15)8-10-4-3-5-13-10;/h10-11,13H,2-9H2,1H3;1H. The number of rotatable bonds is 3. The van der Waals surface area contributed by atoms with Gasteiger partial charge in [-0.25, -0.2) is 0 Å². The maximum Gasteiger partial charge on any atom is 0.224 e. The third-order valence-electron chi connectivity index (χ3n) is 3.53. The first kappa shape index (κ1) is 15.1. The maximum atomic E-state index is 12.1. The monoisotopic (exact) mass is 278 g/mol. The summed E-state index contributed by atoms with van der Waals surface area (Å²) in [7, 11) is 0. The fourth-order valence-corrected chi connectivity index (χ4v) is 3.64. The van der Waals surface area contributed by atoms with E-state index in [1.165, 1.54) is 19.3 Å². The van der Waals surface area contributed by atoms with Crippen molar-refractivity contribution in [3.63, 3.8) is 0 Å². The molecule has 2 saturated heterocycles. The van der Waals surface area contributed by atoms with Crippen molar-refractivity contribution in [1.29, 1.82) is 0 Å². The van der Waals surface area contributed by atoms with Crippen molar-refractivity contribution in [1.82, 2.24) is 10.2 Å². The number of thioether (sulfide) groups is 1. The van der Waals surface area contributed by atoms with E-state index in [9.17, 15) is 4.79 Å². The molecule has 0 saturated carbocycles. The lowest BCUT2D eigenvalue weighted by Gasteiger charge is -2.32. The van der Waals surface area contributed by atoms with E-state index in [-0.39, 0.29) is 12.4 Å². The molecule has 2 fully saturated rings. The highest BCUT2D eigenvalue weighted by Crippen LogP contribution is 2.22. The Morgan fingerprint density at radius 2 is 2.35 bits per heavy atom. The Bertz CT molecular complexity index is 247. The van der Waals surface area contributed by atoms with E-state index in [0.29, 0.717) is 23.6 Å². The summed E-state index contributed by atoms with van der Waals surface area (Å²) in [6.07, 6.45) is 4.29. The average Bonchev–Trinajstić information content (AvgIpc) is 2.82. The second-order valence-corrected chi connectivity index (χ2v) is 6.15. The van der Waals surface area contributed by atoms with Crippen LogP contribution in [0.4, 0.5) is 0 Å². The Hall–Kier alpha value is 0.0700. The number of hydrogen-bond donors (Lipinski definition) is 1. The first-order chi connectivity index (χ1) is 7.79. The number of amides is 1. The number of nitrogens with one attached hydrogen (secondary N) is 1. The van der Waals surface area contributed by atoms with Crippen LogP contribution in [0.1, 0.15) is 32.6 Å². The van der Waals surface area contributed by atoms with Gasteiger partial charge in [0.15, 0.2) is 0 Å². The molecule has 0 aromatic carbocycles. The molecule has 1 N–H and O–H groups in total. The summed E-state index contributed by atoms with van der Waals surface area (Å²) < 4.78 is 0. The SMILES string of the molecule is CCC1CN(C(=O)CC2CCCN2)CCS1.Cl. The molecular weight excluding hydrogens is 256 g/mol. The van der Waals surface area contributed by atoms with Crippen LogP contribution >= 0.6 is 24.2 Å². The molecule has 17 heavy (non-hydrogen) atoms. The minimum atomic E-state index is 0. The maximum absolute atomic E-state index is 12.1. The van der Waals surface area contributed by atoms with Gasteiger partial charge >= 0.3 is 0 Å². The third kappa shape index (κ3) is 4.34. The summed E-state index contributed by atoms with van der Waals surface area (Å²) in [5.41, 5.74) is 0. The molecule has 0 aromatic rings. The zero-order valence-corrected chi connectivity index (χ0v) is 12.1. The summed E-state index contributed by atoms with van der Waals surface area (Å²) in [5, 5.41) is 4.06. The number of nitrogens with zero attached hydrogens (tertiary/aromatic N) is 1. The van der Waals surface area contributed by atoms with E-state index in [2.05, 4.69) is 17.1 Å². The minimum Gasteiger partial charge on any atom is -0.341 e. The highest BCUT2D eigenvalue weighted by Gasteiger charge is 2.25. The van der Waals surface area contributed by atoms with Crippen molar-refractivity contribution in [3.8, 4) is 0 Å². The van der Waals surface area contributed by atoms with E-state index < -0.39 is 0 Å². The van der Waals surface area contributed by atoms with Crippen LogP contribution < -0.4 is 5.32 Å². The molecule has 100 valence electrons. The first-order valence-electron chi connectivity index (χ1n) is 6.42. The van der Waals surface area contributed by atoms with Crippen LogP contribution in [0.15, 0.2) is 0 Å². The predicted octanol–water partition coefficient (Wildman–Crippen LogP) is 1.90. The molecule has 1 amide bonds. The highest BCUT2D eigenvalue weighted by atomic mass is 35.5. The van der Waals surface area contributed by atoms with E-state index in [1.807, 2.05) is 11.8 Å². The summed E-state index contributed by atoms with van der Waals surface area (Å²) in [6, 6.07) is 0.446. The van der Waals surface area contributed by atoms with Crippen LogP contribution in [0.5, 0.6) is 0 Å². The fourth-order valence-electron chi connectivity index (χ4n) is 2.46. The van der Waals surface area contributed by atoms with Gasteiger partial charge in [0.05, 0.1) is 0 Å². The van der Waals surface area contributed by atoms with Crippen molar-refractivity contribution in [3.05, 3.63) is 0 Å². The number of hydrogen-bond acceptors (Lipinski definition) is 3. The fraction of sp³-hybridized carbons (Fsp3) is 0.917. The molecular formula is C12H23ClN2OS. The first-order valence-corrected chi connectivity index (χ1v) is 7.47. The molecule has 2 unspecified atom stereocenters. The van der Waals surface area contributed by atoms with Gasteiger partial charge in [0, 0.05) is 36.6 Å². The smallest absolute Gasteiger partial charge is 0.224 e. The number of carbonyl (C=O) groups is 1. The van der Waals surface area contributed by atoms with E-state index in [1.54, 1.807) is 0 Å². The number of carbonyl (C=O) groups excluding carboxylic acids is 1. The van der Waals surface area contributed by atoms with Gasteiger partial charge < -0.3 is 10.2 Å². The van der Waals surface area contributed by atoms with E-state index in [0.717, 1.165) is 25.4 Å². The number of halogens is 1. The van der Waals surface area contributed by atoms with Crippen LogP contribution in [0.2, 0.25) is 0 Å². The summed E-state index contributed by atoms with van der Waals surface area (Å²) >= 11 is 2.02. The largest absolute Gasteiger partial charge is 0.341 e. The van der Waals surface area contributed by atoms with Crippen molar-refractivity contribution in [2.24, 2.45) is 0 Å². The summed E-state index contributed by atoms with van der Waals surface area (Å²) in [6.45, 7) is 5.22. The van der Waals surface area contributed by atoms with Crippen LogP contribution in [0.25, 0.3) is 0 Å². The third-order valence-corrected chi connectivity index (χ3v) is 4.90. The normalized spacial score (nSPS) is 28.9. The Kier molecular flexibility index (Phi) is 6.67. The van der Waals surface area contributed by atoms with Crippen LogP contribution in [0.3, 0.4) is 0 Å². The minimum absolute atomic E-state index is 0. The molecule has 2 atom stereocenters. The van der Waals surface area contributed by atoms with Gasteiger partial charge in [-0.1, -0.05) is 6.92 Å². The second kappa shape index (κ2) is 7.49. The Morgan fingerprint density at radius 3 is 3.00 bits per heavy atom. The van der Waals surface area contributed by atoms with E-state index in [4.69, 9.17) is 0 Å². The van der Waals surface area contributed by atoms with Gasteiger partial charge in [-0.15, -0.1) is 12.4 Å². The molecule has 3 nitrogen and oxygen atoms in total. The molecule has 0 bridgehead atoms. The van der Waals surface area contributed by atoms with Crippen molar-refractivity contribution >= 4 is 30.1 Å². The molecule has 2 aliphatic rings. The summed E-state index contributed by atoms with van der Waals surface area (Å²) in [4.78, 5) is 14.2. The Labute approximate surface area is 114 Å². The molecule has 0 aromatic heterocycles. The van der Waals surface area contributed by atoms with Gasteiger partial charge in [0.1, 0.15) is 0 Å². The second-order valence-electron chi connectivity index (χ2n) is 4.74. The van der Waals surface area contributed by atoms with E-state index >= 15 is 0 Å². The molecule has 0 spiro atoms. The zero-order chi connectivity index (χ0) is 11.4. The van der Waals surface area contributed by atoms with Crippen molar-refractivity contribution in [2.45, 2.75) is 43.9 Å². The van der Waals surface area contributed by atoms with Gasteiger partial charge in [0.25, 0.3) is 0 Å². The predicted molar refractivity (Wildman–Crippen MR) is 76.0 cm³/mol. The van der Waals surface area contributed by atoms with Crippen LogP contribution in [-0.2, 0) is 4.79 Å². The van der Waals surface area contributed by atoms with Gasteiger partial charge in [-0.05, 0) is 25.8 Å². The van der Waals surface area contributed by atoms with Gasteiger partial charge in [-0.2, -0.15) is 11.8 Å². The molecule has 2 aliphatic heterocycles. The molecule has 5 heteroatoms. The van der Waals surface area contributed by atoms with Crippen molar-refractivity contribution < 1.29 is 4.79 Å². The summed E-state index contributed by atoms with van der Waals surface area (Å²) in [5.74, 6) is 1.47. The zero-order valence-electron chi connectivity index (χ0n) is 10.5. The van der Waals surface area contributed by atoms with Crippen molar-refractivity contribution in [2.75, 3.05) is 25.4 Å². The highest BCUT2D eigenvalue weighted by molar-refractivity contribution is 8.00. The average molecular weight is 279 g/mol. The molecule has 0 radical (unpaired) electrons. The quantitative estimate of drug-likeness (QED) is 0.856. The van der Waals surface area contributed by atoms with Gasteiger partial charge in [-0.3, -0.25) is 4.79 Å². The van der Waals surface area contributed by atoms with Crippen LogP contribution in [-0.4, -0.2) is 47.5 Å². The molecule has 0 aliphatic carbocycles. The Morgan fingerprint density at radius 1 is 1.53 bits per heavy atom.